The highest BCUT2D eigenvalue weighted by Crippen LogP contribution is 2.60. The Bertz CT molecular complexity index is 945. The zero-order valence-corrected chi connectivity index (χ0v) is 23.9. The van der Waals surface area contributed by atoms with Gasteiger partial charge in [-0.1, -0.05) is 108 Å². The van der Waals surface area contributed by atoms with Crippen molar-refractivity contribution in [1.29, 1.82) is 0 Å². The summed E-state index contributed by atoms with van der Waals surface area (Å²) in [4.78, 5) is 0. The maximum atomic E-state index is 11.0. The molecular formula is C35H52O. The highest BCUT2D eigenvalue weighted by molar-refractivity contribution is 5.37. The van der Waals surface area contributed by atoms with Crippen LogP contribution in [0.15, 0.2) is 65.8 Å². The van der Waals surface area contributed by atoms with Gasteiger partial charge in [0, 0.05) is 0 Å². The molecule has 198 valence electrons. The predicted molar refractivity (Wildman–Crippen MR) is 155 cm³/mol. The van der Waals surface area contributed by atoms with Gasteiger partial charge in [-0.05, 0) is 103 Å². The Hall–Kier alpha value is -1.60. The normalized spacial score (nSPS) is 34.2. The van der Waals surface area contributed by atoms with Crippen LogP contribution in [0.5, 0.6) is 0 Å². The fourth-order valence-corrected chi connectivity index (χ4v) is 8.01. The van der Waals surface area contributed by atoms with Crippen molar-refractivity contribution in [2.45, 2.75) is 111 Å². The first kappa shape index (κ1) is 27.4. The second kappa shape index (κ2) is 11.4. The Balaban J connectivity index is 1.40. The molecule has 4 rings (SSSR count). The highest BCUT2D eigenvalue weighted by atomic mass is 16.3. The average molecular weight is 489 g/mol. The van der Waals surface area contributed by atoms with Gasteiger partial charge in [-0.25, -0.2) is 0 Å². The molecule has 1 aromatic carbocycles. The van der Waals surface area contributed by atoms with Crippen LogP contribution in [0.1, 0.15) is 104 Å². The van der Waals surface area contributed by atoms with Crippen molar-refractivity contribution in [3.05, 3.63) is 71.3 Å². The Morgan fingerprint density at radius 2 is 1.86 bits per heavy atom. The van der Waals surface area contributed by atoms with Gasteiger partial charge in [0.25, 0.3) is 0 Å². The first-order chi connectivity index (χ1) is 17.1. The lowest BCUT2D eigenvalue weighted by atomic mass is 9.60. The lowest BCUT2D eigenvalue weighted by molar-refractivity contribution is 0.0920. The molecular weight excluding hydrogens is 436 g/mol. The zero-order valence-electron chi connectivity index (χ0n) is 23.9. The van der Waals surface area contributed by atoms with E-state index in [0.29, 0.717) is 10.8 Å². The van der Waals surface area contributed by atoms with Gasteiger partial charge in [-0.15, -0.1) is 0 Å². The molecule has 3 aliphatic carbocycles. The van der Waals surface area contributed by atoms with E-state index in [4.69, 9.17) is 0 Å². The average Bonchev–Trinajstić information content (AvgIpc) is 3.18. The SMILES string of the molecule is C=C1C[C@@H](Cc2ccccc2)[C@@H](O)C/C1=C/C=C1\CCC[C@@]2(C)C1CCC2[C@H](C)CCCC(C)(C)C. The molecule has 1 heteroatoms. The van der Waals surface area contributed by atoms with E-state index >= 15 is 0 Å². The summed E-state index contributed by atoms with van der Waals surface area (Å²) < 4.78 is 0. The summed E-state index contributed by atoms with van der Waals surface area (Å²) in [6.45, 7) is 16.7. The fourth-order valence-electron chi connectivity index (χ4n) is 8.01. The first-order valence-electron chi connectivity index (χ1n) is 14.9. The standard InChI is InChI=1S/C35H52O/c1-25(12-10-20-34(3,4)5)31-18-19-32-28(15-11-21-35(31,32)6)16-17-29-24-33(36)30(22-26(29)2)23-27-13-8-7-9-14-27/h7-9,13-14,16-17,25,30-33,36H,2,10-12,15,18-24H2,1,3-6H3/b28-16+,29-17-/t25-,30+,31?,32?,33+,35-/m1/s1. The maximum absolute atomic E-state index is 11.0. The van der Waals surface area contributed by atoms with Crippen LogP contribution < -0.4 is 0 Å². The molecule has 3 fully saturated rings. The minimum atomic E-state index is -0.276. The Morgan fingerprint density at radius 1 is 1.11 bits per heavy atom. The predicted octanol–water partition coefficient (Wildman–Crippen LogP) is 9.48. The van der Waals surface area contributed by atoms with Gasteiger partial charge in [0.05, 0.1) is 6.10 Å². The number of hydrogen-bond acceptors (Lipinski definition) is 1. The lowest BCUT2D eigenvalue weighted by Crippen LogP contribution is -2.36. The van der Waals surface area contributed by atoms with E-state index < -0.39 is 0 Å². The number of fused-ring (bicyclic) bond motifs is 1. The molecule has 3 aliphatic rings. The summed E-state index contributed by atoms with van der Waals surface area (Å²) >= 11 is 0. The van der Waals surface area contributed by atoms with Gasteiger partial charge in [0.2, 0.25) is 0 Å². The minimum Gasteiger partial charge on any atom is -0.392 e. The molecule has 0 saturated heterocycles. The van der Waals surface area contributed by atoms with E-state index in [2.05, 4.69) is 83.7 Å². The molecule has 1 nitrogen and oxygen atoms in total. The van der Waals surface area contributed by atoms with Gasteiger partial charge < -0.3 is 5.11 Å². The number of aliphatic hydroxyl groups excluding tert-OH is 1. The molecule has 0 aromatic heterocycles. The third-order valence-corrected chi connectivity index (χ3v) is 10.1. The van der Waals surface area contributed by atoms with Crippen LogP contribution in [0.3, 0.4) is 0 Å². The topological polar surface area (TPSA) is 20.2 Å². The Labute approximate surface area is 222 Å². The summed E-state index contributed by atoms with van der Waals surface area (Å²) in [5.41, 5.74) is 6.41. The van der Waals surface area contributed by atoms with Crippen LogP contribution in [-0.4, -0.2) is 11.2 Å². The summed E-state index contributed by atoms with van der Waals surface area (Å²) in [7, 11) is 0. The molecule has 0 bridgehead atoms. The van der Waals surface area contributed by atoms with E-state index in [-0.39, 0.29) is 12.0 Å². The van der Waals surface area contributed by atoms with E-state index in [1.807, 2.05) is 0 Å². The fraction of sp³-hybridized carbons (Fsp3) is 0.657. The molecule has 1 N–H and O–H groups in total. The van der Waals surface area contributed by atoms with E-state index in [9.17, 15) is 5.11 Å². The molecule has 2 unspecified atom stereocenters. The van der Waals surface area contributed by atoms with Crippen LogP contribution in [0.4, 0.5) is 0 Å². The van der Waals surface area contributed by atoms with Gasteiger partial charge in [-0.3, -0.25) is 0 Å². The quantitative estimate of drug-likeness (QED) is 0.405. The summed E-state index contributed by atoms with van der Waals surface area (Å²) in [5.74, 6) is 2.71. The summed E-state index contributed by atoms with van der Waals surface area (Å²) in [6, 6.07) is 10.6. The van der Waals surface area contributed by atoms with Crippen molar-refractivity contribution in [3.63, 3.8) is 0 Å². The van der Waals surface area contributed by atoms with Gasteiger partial charge in [0.1, 0.15) is 0 Å². The Morgan fingerprint density at radius 3 is 2.58 bits per heavy atom. The molecule has 3 saturated carbocycles. The van der Waals surface area contributed by atoms with E-state index in [1.165, 1.54) is 68.1 Å². The molecule has 0 radical (unpaired) electrons. The van der Waals surface area contributed by atoms with Gasteiger partial charge in [-0.2, -0.15) is 0 Å². The second-order valence-corrected chi connectivity index (χ2v) is 14.0. The van der Waals surface area contributed by atoms with Crippen LogP contribution in [0.25, 0.3) is 0 Å². The molecule has 6 atom stereocenters. The van der Waals surface area contributed by atoms with Crippen LogP contribution >= 0.6 is 0 Å². The summed E-state index contributed by atoms with van der Waals surface area (Å²) in [5, 5.41) is 11.0. The largest absolute Gasteiger partial charge is 0.392 e. The van der Waals surface area contributed by atoms with Gasteiger partial charge >= 0.3 is 0 Å². The number of aliphatic hydroxyl groups is 1. The molecule has 0 aliphatic heterocycles. The van der Waals surface area contributed by atoms with Crippen molar-refractivity contribution in [3.8, 4) is 0 Å². The van der Waals surface area contributed by atoms with Gasteiger partial charge in [0.15, 0.2) is 0 Å². The van der Waals surface area contributed by atoms with E-state index in [1.54, 1.807) is 5.57 Å². The first-order valence-corrected chi connectivity index (χ1v) is 14.9. The Kier molecular flexibility index (Phi) is 8.71. The third-order valence-electron chi connectivity index (χ3n) is 10.1. The summed E-state index contributed by atoms with van der Waals surface area (Å²) in [6.07, 6.45) is 17.9. The highest BCUT2D eigenvalue weighted by Gasteiger charge is 2.50. The lowest BCUT2D eigenvalue weighted by Gasteiger charge is -2.44. The number of allylic oxidation sites excluding steroid dienone is 4. The third kappa shape index (κ3) is 6.45. The molecule has 0 amide bonds. The van der Waals surface area contributed by atoms with Crippen molar-refractivity contribution in [2.24, 2.45) is 34.5 Å². The molecule has 36 heavy (non-hydrogen) atoms. The van der Waals surface area contributed by atoms with Crippen molar-refractivity contribution >= 4 is 0 Å². The van der Waals surface area contributed by atoms with Crippen LogP contribution in [0, 0.1) is 34.5 Å². The number of benzene rings is 1. The molecule has 1 aromatic rings. The second-order valence-electron chi connectivity index (χ2n) is 14.0. The minimum absolute atomic E-state index is 0.276. The zero-order chi connectivity index (χ0) is 25.9. The number of hydrogen-bond donors (Lipinski definition) is 1. The van der Waals surface area contributed by atoms with Crippen LogP contribution in [0.2, 0.25) is 0 Å². The van der Waals surface area contributed by atoms with Crippen molar-refractivity contribution < 1.29 is 5.11 Å². The van der Waals surface area contributed by atoms with Crippen molar-refractivity contribution in [1.82, 2.24) is 0 Å². The van der Waals surface area contributed by atoms with E-state index in [0.717, 1.165) is 37.0 Å². The maximum Gasteiger partial charge on any atom is 0.0615 e. The van der Waals surface area contributed by atoms with Crippen molar-refractivity contribution in [2.75, 3.05) is 0 Å². The monoisotopic (exact) mass is 488 g/mol. The number of rotatable bonds is 7. The molecule has 0 spiro atoms. The van der Waals surface area contributed by atoms with Crippen LogP contribution in [-0.2, 0) is 6.42 Å². The smallest absolute Gasteiger partial charge is 0.0615 e. The molecule has 0 heterocycles.